The average molecular weight is 192 g/mol. The SMILES string of the molecule is C#CC(C)N1CC2CNCC2C1(C)C. The molecule has 2 heteroatoms. The molecule has 0 saturated carbocycles. The second kappa shape index (κ2) is 3.25. The van der Waals surface area contributed by atoms with Crippen molar-refractivity contribution in [1.29, 1.82) is 0 Å². The van der Waals surface area contributed by atoms with Crippen molar-refractivity contribution in [2.24, 2.45) is 11.8 Å². The molecule has 2 rings (SSSR count). The Kier molecular flexibility index (Phi) is 2.33. The third-order valence-corrected chi connectivity index (χ3v) is 4.13. The Morgan fingerprint density at radius 3 is 2.79 bits per heavy atom. The lowest BCUT2D eigenvalue weighted by Gasteiger charge is -2.37. The maximum atomic E-state index is 5.52. The number of likely N-dealkylation sites (tertiary alicyclic amines) is 1. The van der Waals surface area contributed by atoms with Gasteiger partial charge in [0.15, 0.2) is 0 Å². The minimum Gasteiger partial charge on any atom is -0.316 e. The van der Waals surface area contributed by atoms with E-state index in [-0.39, 0.29) is 11.6 Å². The minimum atomic E-state index is 0.264. The average Bonchev–Trinajstić information content (AvgIpc) is 2.68. The van der Waals surface area contributed by atoms with E-state index in [1.165, 1.54) is 6.54 Å². The van der Waals surface area contributed by atoms with E-state index in [0.29, 0.717) is 0 Å². The van der Waals surface area contributed by atoms with E-state index in [0.717, 1.165) is 24.9 Å². The summed E-state index contributed by atoms with van der Waals surface area (Å²) in [4.78, 5) is 2.49. The second-order valence-electron chi connectivity index (χ2n) is 5.17. The van der Waals surface area contributed by atoms with Gasteiger partial charge >= 0.3 is 0 Å². The Morgan fingerprint density at radius 1 is 1.50 bits per heavy atom. The van der Waals surface area contributed by atoms with Crippen LogP contribution in [0.4, 0.5) is 0 Å². The van der Waals surface area contributed by atoms with E-state index >= 15 is 0 Å². The van der Waals surface area contributed by atoms with Gasteiger partial charge in [0.05, 0.1) is 6.04 Å². The molecule has 2 heterocycles. The van der Waals surface area contributed by atoms with Gasteiger partial charge < -0.3 is 5.32 Å². The number of hydrogen-bond acceptors (Lipinski definition) is 2. The molecule has 14 heavy (non-hydrogen) atoms. The lowest BCUT2D eigenvalue weighted by molar-refractivity contribution is 0.121. The molecule has 0 aromatic carbocycles. The molecule has 0 spiro atoms. The van der Waals surface area contributed by atoms with Gasteiger partial charge in [-0.25, -0.2) is 0 Å². The standard InChI is InChI=1S/C12H20N2/c1-5-9(2)14-8-10-6-13-7-11(10)12(14,3)4/h1,9-11,13H,6-8H2,2-4H3. The molecule has 3 unspecified atom stereocenters. The molecule has 3 atom stereocenters. The van der Waals surface area contributed by atoms with E-state index in [1.54, 1.807) is 0 Å². The predicted molar refractivity (Wildman–Crippen MR) is 58.9 cm³/mol. The quantitative estimate of drug-likeness (QED) is 0.622. The van der Waals surface area contributed by atoms with Gasteiger partial charge in [0.2, 0.25) is 0 Å². The molecule has 0 aromatic heterocycles. The second-order valence-corrected chi connectivity index (χ2v) is 5.17. The highest BCUT2D eigenvalue weighted by Gasteiger charge is 2.50. The first-order valence-electron chi connectivity index (χ1n) is 5.51. The van der Waals surface area contributed by atoms with Gasteiger partial charge in [-0.3, -0.25) is 4.90 Å². The topological polar surface area (TPSA) is 15.3 Å². The van der Waals surface area contributed by atoms with E-state index in [9.17, 15) is 0 Å². The monoisotopic (exact) mass is 192 g/mol. The molecule has 2 aliphatic heterocycles. The molecule has 2 fully saturated rings. The Bertz CT molecular complexity index is 264. The van der Waals surface area contributed by atoms with Crippen LogP contribution in [0.5, 0.6) is 0 Å². The predicted octanol–water partition coefficient (Wildman–Crippen LogP) is 0.938. The van der Waals surface area contributed by atoms with Crippen molar-refractivity contribution in [3.8, 4) is 12.3 Å². The van der Waals surface area contributed by atoms with Gasteiger partial charge in [-0.15, -0.1) is 6.42 Å². The van der Waals surface area contributed by atoms with Crippen LogP contribution in [0, 0.1) is 24.2 Å². The molecule has 2 saturated heterocycles. The van der Waals surface area contributed by atoms with E-state index < -0.39 is 0 Å². The molecule has 78 valence electrons. The van der Waals surface area contributed by atoms with Crippen molar-refractivity contribution in [3.05, 3.63) is 0 Å². The first-order valence-corrected chi connectivity index (χ1v) is 5.51. The normalized spacial score (nSPS) is 37.9. The summed E-state index contributed by atoms with van der Waals surface area (Å²) in [6, 6.07) is 0.274. The highest BCUT2D eigenvalue weighted by atomic mass is 15.3. The molecular formula is C12H20N2. The summed E-state index contributed by atoms with van der Waals surface area (Å²) in [7, 11) is 0. The molecular weight excluding hydrogens is 172 g/mol. The van der Waals surface area contributed by atoms with Crippen LogP contribution in [-0.2, 0) is 0 Å². The molecule has 0 aromatic rings. The summed E-state index contributed by atoms with van der Waals surface area (Å²) in [5.74, 6) is 4.44. The number of hydrogen-bond donors (Lipinski definition) is 1. The fraction of sp³-hybridized carbons (Fsp3) is 0.833. The number of fused-ring (bicyclic) bond motifs is 1. The first kappa shape index (κ1) is 10.0. The van der Waals surface area contributed by atoms with Crippen LogP contribution >= 0.6 is 0 Å². The number of nitrogens with zero attached hydrogens (tertiary/aromatic N) is 1. The number of nitrogens with one attached hydrogen (secondary N) is 1. The van der Waals surface area contributed by atoms with Crippen LogP contribution in [0.15, 0.2) is 0 Å². The van der Waals surface area contributed by atoms with Crippen LogP contribution in [-0.4, -0.2) is 36.1 Å². The molecule has 2 aliphatic rings. The summed E-state index contributed by atoms with van der Waals surface area (Å²) in [5, 5.41) is 3.48. The third kappa shape index (κ3) is 1.27. The van der Waals surface area contributed by atoms with Crippen molar-refractivity contribution in [2.45, 2.75) is 32.4 Å². The van der Waals surface area contributed by atoms with Gasteiger partial charge in [-0.1, -0.05) is 5.92 Å². The van der Waals surface area contributed by atoms with Crippen molar-refractivity contribution < 1.29 is 0 Å². The van der Waals surface area contributed by atoms with Crippen molar-refractivity contribution in [3.63, 3.8) is 0 Å². The number of terminal acetylenes is 1. The van der Waals surface area contributed by atoms with Crippen LogP contribution in [0.2, 0.25) is 0 Å². The highest BCUT2D eigenvalue weighted by Crippen LogP contribution is 2.41. The smallest absolute Gasteiger partial charge is 0.0687 e. The maximum absolute atomic E-state index is 5.52. The van der Waals surface area contributed by atoms with Crippen LogP contribution in [0.25, 0.3) is 0 Å². The van der Waals surface area contributed by atoms with Crippen LogP contribution in [0.3, 0.4) is 0 Å². The van der Waals surface area contributed by atoms with E-state index in [4.69, 9.17) is 6.42 Å². The molecule has 0 radical (unpaired) electrons. The van der Waals surface area contributed by atoms with E-state index in [2.05, 4.69) is 36.9 Å². The van der Waals surface area contributed by atoms with Gasteiger partial charge in [0.1, 0.15) is 0 Å². The van der Waals surface area contributed by atoms with E-state index in [1.807, 2.05) is 0 Å². The maximum Gasteiger partial charge on any atom is 0.0687 e. The van der Waals surface area contributed by atoms with Gasteiger partial charge in [-0.05, 0) is 39.2 Å². The van der Waals surface area contributed by atoms with Crippen molar-refractivity contribution in [2.75, 3.05) is 19.6 Å². The summed E-state index contributed by atoms with van der Waals surface area (Å²) in [6.45, 7) is 10.3. The lowest BCUT2D eigenvalue weighted by atomic mass is 9.84. The van der Waals surface area contributed by atoms with Gasteiger partial charge in [0, 0.05) is 18.6 Å². The Labute approximate surface area is 87.1 Å². The van der Waals surface area contributed by atoms with Crippen molar-refractivity contribution >= 4 is 0 Å². The highest BCUT2D eigenvalue weighted by molar-refractivity contribution is 5.10. The van der Waals surface area contributed by atoms with Crippen LogP contribution < -0.4 is 5.32 Å². The molecule has 0 aliphatic carbocycles. The fourth-order valence-corrected chi connectivity index (χ4v) is 3.20. The Balaban J connectivity index is 2.20. The Hall–Kier alpha value is -0.520. The molecule has 0 amide bonds. The van der Waals surface area contributed by atoms with Crippen LogP contribution in [0.1, 0.15) is 20.8 Å². The summed E-state index contributed by atoms with van der Waals surface area (Å²) >= 11 is 0. The molecule has 1 N–H and O–H groups in total. The summed E-state index contributed by atoms with van der Waals surface area (Å²) in [5.41, 5.74) is 0.264. The third-order valence-electron chi connectivity index (χ3n) is 4.13. The Morgan fingerprint density at radius 2 is 2.21 bits per heavy atom. The van der Waals surface area contributed by atoms with Crippen molar-refractivity contribution in [1.82, 2.24) is 10.2 Å². The fourth-order valence-electron chi connectivity index (χ4n) is 3.20. The zero-order valence-corrected chi connectivity index (χ0v) is 9.38. The molecule has 2 nitrogen and oxygen atoms in total. The summed E-state index contributed by atoms with van der Waals surface area (Å²) < 4.78 is 0. The largest absolute Gasteiger partial charge is 0.316 e. The van der Waals surface area contributed by atoms with Gasteiger partial charge in [-0.2, -0.15) is 0 Å². The van der Waals surface area contributed by atoms with Gasteiger partial charge in [0.25, 0.3) is 0 Å². The summed E-state index contributed by atoms with van der Waals surface area (Å²) in [6.07, 6.45) is 5.52. The number of rotatable bonds is 1. The zero-order chi connectivity index (χ0) is 10.3. The molecule has 0 bridgehead atoms. The zero-order valence-electron chi connectivity index (χ0n) is 9.38. The lowest BCUT2D eigenvalue weighted by Crippen LogP contribution is -2.48. The first-order chi connectivity index (χ1) is 6.57. The minimum absolute atomic E-state index is 0.264.